The largest absolute Gasteiger partial charge is 0.379 e. The molecule has 0 aliphatic carbocycles. The van der Waals surface area contributed by atoms with Gasteiger partial charge in [0.15, 0.2) is 0 Å². The average molecular weight is 409 g/mol. The molecule has 30 heavy (non-hydrogen) atoms. The van der Waals surface area contributed by atoms with E-state index in [9.17, 15) is 0 Å². The van der Waals surface area contributed by atoms with Gasteiger partial charge in [0.05, 0.1) is 31.1 Å². The summed E-state index contributed by atoms with van der Waals surface area (Å²) in [6, 6.07) is 5.43. The van der Waals surface area contributed by atoms with Crippen LogP contribution in [0.25, 0.3) is 22.2 Å². The third-order valence-electron chi connectivity index (χ3n) is 6.58. The van der Waals surface area contributed by atoms with E-state index in [1.54, 1.807) is 0 Å². The number of likely N-dealkylation sites (tertiary alicyclic amines) is 1. The highest BCUT2D eigenvalue weighted by atomic mass is 16.5. The van der Waals surface area contributed by atoms with Gasteiger partial charge in [-0.1, -0.05) is 0 Å². The fourth-order valence-electron chi connectivity index (χ4n) is 4.75. The SMILES string of the molecule is CC(C)N1CCC(n2cc(-c3nccc4[nH]c(CN5CCOCC5)cc34)cn2)CC1. The second-order valence-electron chi connectivity index (χ2n) is 8.87. The fraction of sp³-hybridized carbons (Fsp3) is 0.565. The predicted octanol–water partition coefficient (Wildman–Crippen LogP) is 3.30. The second-order valence-corrected chi connectivity index (χ2v) is 8.87. The van der Waals surface area contributed by atoms with Crippen LogP contribution in [0.1, 0.15) is 38.4 Å². The Kier molecular flexibility index (Phi) is 5.58. The molecule has 2 aliphatic heterocycles. The van der Waals surface area contributed by atoms with Crippen LogP contribution in [0.3, 0.4) is 0 Å². The van der Waals surface area contributed by atoms with Crippen molar-refractivity contribution in [1.82, 2.24) is 29.5 Å². The van der Waals surface area contributed by atoms with Gasteiger partial charge >= 0.3 is 0 Å². The summed E-state index contributed by atoms with van der Waals surface area (Å²) in [5.41, 5.74) is 4.49. The highest BCUT2D eigenvalue weighted by Gasteiger charge is 2.23. The first kappa shape index (κ1) is 19.7. The molecule has 2 fully saturated rings. The zero-order chi connectivity index (χ0) is 20.5. The van der Waals surface area contributed by atoms with Gasteiger partial charge in [-0.25, -0.2) is 0 Å². The van der Waals surface area contributed by atoms with Crippen LogP contribution in [0.15, 0.2) is 30.7 Å². The van der Waals surface area contributed by atoms with Gasteiger partial charge in [0.25, 0.3) is 0 Å². The van der Waals surface area contributed by atoms with Crippen LogP contribution in [0.2, 0.25) is 0 Å². The van der Waals surface area contributed by atoms with Crippen LogP contribution < -0.4 is 0 Å². The molecular formula is C23H32N6O. The summed E-state index contributed by atoms with van der Waals surface area (Å²) in [4.78, 5) is 13.3. The number of aromatic nitrogens is 4. The minimum absolute atomic E-state index is 0.482. The Morgan fingerprint density at radius 1 is 1.17 bits per heavy atom. The number of aromatic amines is 1. The summed E-state index contributed by atoms with van der Waals surface area (Å²) >= 11 is 0. The van der Waals surface area contributed by atoms with E-state index in [2.05, 4.69) is 51.6 Å². The van der Waals surface area contributed by atoms with Gasteiger partial charge in [0.2, 0.25) is 0 Å². The van der Waals surface area contributed by atoms with Crippen LogP contribution in [0.4, 0.5) is 0 Å². The van der Waals surface area contributed by atoms with E-state index >= 15 is 0 Å². The molecule has 0 radical (unpaired) electrons. The molecular weight excluding hydrogens is 376 g/mol. The Labute approximate surface area is 178 Å². The van der Waals surface area contributed by atoms with Crippen molar-refractivity contribution in [2.75, 3.05) is 39.4 Å². The molecule has 2 saturated heterocycles. The van der Waals surface area contributed by atoms with Crippen molar-refractivity contribution >= 4 is 10.9 Å². The molecule has 0 spiro atoms. The van der Waals surface area contributed by atoms with Gasteiger partial charge in [-0.05, 0) is 38.8 Å². The van der Waals surface area contributed by atoms with Crippen molar-refractivity contribution in [1.29, 1.82) is 0 Å². The van der Waals surface area contributed by atoms with Crippen LogP contribution in [-0.2, 0) is 11.3 Å². The third-order valence-corrected chi connectivity index (χ3v) is 6.58. The predicted molar refractivity (Wildman–Crippen MR) is 118 cm³/mol. The van der Waals surface area contributed by atoms with Crippen molar-refractivity contribution in [3.05, 3.63) is 36.4 Å². The molecule has 0 atom stereocenters. The summed E-state index contributed by atoms with van der Waals surface area (Å²) < 4.78 is 7.63. The van der Waals surface area contributed by atoms with Crippen molar-refractivity contribution in [2.24, 2.45) is 0 Å². The molecule has 0 saturated carbocycles. The topological polar surface area (TPSA) is 62.2 Å². The molecule has 3 aromatic rings. The van der Waals surface area contributed by atoms with E-state index in [4.69, 9.17) is 14.8 Å². The molecule has 5 rings (SSSR count). The van der Waals surface area contributed by atoms with Crippen molar-refractivity contribution in [3.63, 3.8) is 0 Å². The lowest BCUT2D eigenvalue weighted by molar-refractivity contribution is 0.0337. The third kappa shape index (κ3) is 4.02. The summed E-state index contributed by atoms with van der Waals surface area (Å²) in [6.45, 7) is 11.4. The molecule has 0 bridgehead atoms. The fourth-order valence-corrected chi connectivity index (χ4v) is 4.75. The van der Waals surface area contributed by atoms with E-state index < -0.39 is 0 Å². The molecule has 0 aromatic carbocycles. The Morgan fingerprint density at radius 2 is 1.97 bits per heavy atom. The van der Waals surface area contributed by atoms with Gasteiger partial charge in [-0.3, -0.25) is 14.6 Å². The Hall–Kier alpha value is -2.22. The minimum atomic E-state index is 0.482. The molecule has 1 N–H and O–H groups in total. The summed E-state index contributed by atoms with van der Waals surface area (Å²) in [5.74, 6) is 0. The Morgan fingerprint density at radius 3 is 2.73 bits per heavy atom. The molecule has 0 amide bonds. The summed E-state index contributed by atoms with van der Waals surface area (Å²) in [7, 11) is 0. The number of nitrogens with one attached hydrogen (secondary N) is 1. The molecule has 3 aromatic heterocycles. The van der Waals surface area contributed by atoms with Crippen molar-refractivity contribution < 1.29 is 4.74 Å². The van der Waals surface area contributed by atoms with Crippen LogP contribution in [0.5, 0.6) is 0 Å². The lowest BCUT2D eigenvalue weighted by atomic mass is 10.0. The number of morpholine rings is 1. The quantitative estimate of drug-likeness (QED) is 0.702. The maximum absolute atomic E-state index is 5.47. The Bertz CT molecular complexity index is 979. The normalized spacial score (nSPS) is 19.8. The molecule has 5 heterocycles. The van der Waals surface area contributed by atoms with Crippen LogP contribution >= 0.6 is 0 Å². The maximum Gasteiger partial charge on any atom is 0.0827 e. The number of H-pyrrole nitrogens is 1. The summed E-state index contributed by atoms with van der Waals surface area (Å²) in [5, 5.41) is 5.90. The molecule has 2 aliphatic rings. The van der Waals surface area contributed by atoms with E-state index in [1.807, 2.05) is 12.4 Å². The lowest BCUT2D eigenvalue weighted by Gasteiger charge is -2.34. The minimum Gasteiger partial charge on any atom is -0.379 e. The van der Waals surface area contributed by atoms with E-state index in [0.717, 1.165) is 75.6 Å². The van der Waals surface area contributed by atoms with Gasteiger partial charge in [-0.15, -0.1) is 0 Å². The smallest absolute Gasteiger partial charge is 0.0827 e. The number of nitrogens with zero attached hydrogens (tertiary/aromatic N) is 5. The molecule has 7 heteroatoms. The second kappa shape index (κ2) is 8.49. The van der Waals surface area contributed by atoms with Crippen LogP contribution in [0, 0.1) is 0 Å². The maximum atomic E-state index is 5.47. The number of ether oxygens (including phenoxy) is 1. The highest BCUT2D eigenvalue weighted by Crippen LogP contribution is 2.30. The van der Waals surface area contributed by atoms with Crippen molar-refractivity contribution in [3.8, 4) is 11.3 Å². The molecule has 0 unspecified atom stereocenters. The van der Waals surface area contributed by atoms with Crippen molar-refractivity contribution in [2.45, 2.75) is 45.3 Å². The average Bonchev–Trinajstić information content (AvgIpc) is 3.41. The number of rotatable bonds is 5. The lowest BCUT2D eigenvalue weighted by Crippen LogP contribution is -2.39. The van der Waals surface area contributed by atoms with Crippen LogP contribution in [-0.4, -0.2) is 75.0 Å². The van der Waals surface area contributed by atoms with E-state index in [1.165, 1.54) is 11.1 Å². The van der Waals surface area contributed by atoms with E-state index in [-0.39, 0.29) is 0 Å². The monoisotopic (exact) mass is 408 g/mol. The van der Waals surface area contributed by atoms with Gasteiger partial charge in [0, 0.05) is 73.3 Å². The Balaban J connectivity index is 1.35. The number of fused-ring (bicyclic) bond motifs is 1. The van der Waals surface area contributed by atoms with Gasteiger partial charge in [-0.2, -0.15) is 5.10 Å². The van der Waals surface area contributed by atoms with Gasteiger partial charge < -0.3 is 14.6 Å². The number of hydrogen-bond donors (Lipinski definition) is 1. The first-order valence-corrected chi connectivity index (χ1v) is 11.2. The highest BCUT2D eigenvalue weighted by molar-refractivity contribution is 5.93. The molecule has 7 nitrogen and oxygen atoms in total. The first-order valence-electron chi connectivity index (χ1n) is 11.2. The molecule has 160 valence electrons. The number of piperidine rings is 1. The first-order chi connectivity index (χ1) is 14.7. The van der Waals surface area contributed by atoms with E-state index in [0.29, 0.717) is 12.1 Å². The van der Waals surface area contributed by atoms with Gasteiger partial charge in [0.1, 0.15) is 0 Å². The number of hydrogen-bond acceptors (Lipinski definition) is 5. The standard InChI is InChI=1S/C23H32N6O/c1-17(2)28-7-4-20(5-8-28)29-15-18(14-25-29)23-21-13-19(26-22(21)3-6-24-23)16-27-9-11-30-12-10-27/h3,6,13-15,17,20,26H,4-5,7-12,16H2,1-2H3. The zero-order valence-electron chi connectivity index (χ0n) is 18.0. The zero-order valence-corrected chi connectivity index (χ0v) is 18.0. The summed E-state index contributed by atoms with van der Waals surface area (Å²) in [6.07, 6.45) is 8.37. The number of pyridine rings is 1.